The van der Waals surface area contributed by atoms with Crippen LogP contribution in [-0.4, -0.2) is 53.2 Å². The maximum atomic E-state index is 12.5. The number of hydrogen-bond acceptors (Lipinski definition) is 7. The Labute approximate surface area is 155 Å². The number of hydroxylamine groups is 1. The van der Waals surface area contributed by atoms with Crippen molar-refractivity contribution in [1.29, 1.82) is 0 Å². The van der Waals surface area contributed by atoms with Crippen LogP contribution in [0.25, 0.3) is 5.69 Å². The minimum atomic E-state index is -3.84. The molecule has 27 heavy (non-hydrogen) atoms. The van der Waals surface area contributed by atoms with Crippen LogP contribution >= 0.6 is 0 Å². The van der Waals surface area contributed by atoms with Gasteiger partial charge >= 0.3 is 0 Å². The lowest BCUT2D eigenvalue weighted by Crippen LogP contribution is -2.26. The van der Waals surface area contributed by atoms with E-state index in [0.717, 1.165) is 10.2 Å². The second-order valence-corrected chi connectivity index (χ2v) is 7.32. The van der Waals surface area contributed by atoms with Gasteiger partial charge in [-0.25, -0.2) is 13.1 Å². The van der Waals surface area contributed by atoms with Gasteiger partial charge in [-0.05, 0) is 52.9 Å². The van der Waals surface area contributed by atoms with Gasteiger partial charge in [-0.2, -0.15) is 0 Å². The third-order valence-electron chi connectivity index (χ3n) is 3.73. The minimum Gasteiger partial charge on any atom is -0.322 e. The van der Waals surface area contributed by atoms with Crippen LogP contribution in [0.5, 0.6) is 0 Å². The number of nitrogens with one attached hydrogen (secondary N) is 1. The number of anilines is 1. The summed E-state index contributed by atoms with van der Waals surface area (Å²) in [7, 11) is -1.32. The van der Waals surface area contributed by atoms with Crippen LogP contribution in [0, 0.1) is 0 Å². The van der Waals surface area contributed by atoms with Gasteiger partial charge in [0.2, 0.25) is 0 Å². The number of nitrogens with zero attached hydrogens (tertiary/aromatic N) is 5. The van der Waals surface area contributed by atoms with Crippen molar-refractivity contribution >= 4 is 21.6 Å². The highest BCUT2D eigenvalue weighted by atomic mass is 32.2. The predicted octanol–water partition coefficient (Wildman–Crippen LogP) is 1.10. The molecule has 0 radical (unpaired) electrons. The van der Waals surface area contributed by atoms with Gasteiger partial charge in [-0.3, -0.25) is 9.63 Å². The van der Waals surface area contributed by atoms with E-state index < -0.39 is 15.9 Å². The van der Waals surface area contributed by atoms with Crippen molar-refractivity contribution in [3.8, 4) is 5.69 Å². The van der Waals surface area contributed by atoms with E-state index in [1.54, 1.807) is 24.3 Å². The number of aromatic nitrogens is 4. The third-order valence-corrected chi connectivity index (χ3v) is 5.40. The fourth-order valence-corrected chi connectivity index (χ4v) is 3.24. The highest BCUT2D eigenvalue weighted by Crippen LogP contribution is 2.18. The molecule has 1 N–H and O–H groups in total. The van der Waals surface area contributed by atoms with E-state index in [1.165, 1.54) is 49.4 Å². The molecule has 0 aliphatic rings. The van der Waals surface area contributed by atoms with E-state index >= 15 is 0 Å². The molecule has 140 valence electrons. The maximum Gasteiger partial charge on any atom is 0.264 e. The zero-order valence-electron chi connectivity index (χ0n) is 14.5. The van der Waals surface area contributed by atoms with E-state index in [1.807, 2.05) is 0 Å². The highest BCUT2D eigenvalue weighted by molar-refractivity contribution is 7.89. The molecule has 1 aromatic heterocycles. The first-order valence-corrected chi connectivity index (χ1v) is 9.13. The third kappa shape index (κ3) is 4.00. The molecule has 0 saturated carbocycles. The highest BCUT2D eigenvalue weighted by Gasteiger charge is 2.22. The van der Waals surface area contributed by atoms with Crippen molar-refractivity contribution < 1.29 is 18.0 Å². The van der Waals surface area contributed by atoms with Gasteiger partial charge in [0.15, 0.2) is 0 Å². The fraction of sp³-hybridized carbons (Fsp3) is 0.125. The molecule has 0 fully saturated rings. The average molecular weight is 388 g/mol. The molecule has 11 heteroatoms. The Morgan fingerprint density at radius 3 is 2.56 bits per heavy atom. The first-order chi connectivity index (χ1) is 12.9. The van der Waals surface area contributed by atoms with E-state index in [0.29, 0.717) is 5.69 Å². The molecule has 2 aromatic carbocycles. The number of tetrazole rings is 1. The molecule has 3 aromatic rings. The summed E-state index contributed by atoms with van der Waals surface area (Å²) in [5, 5.41) is 13.6. The van der Waals surface area contributed by atoms with E-state index in [4.69, 9.17) is 4.84 Å². The maximum absolute atomic E-state index is 12.5. The SMILES string of the molecule is CON(C)S(=O)(=O)c1cccc(C(=O)Nc2ccc(-n3cnnn3)cc2)c1. The zero-order chi connectivity index (χ0) is 19.4. The van der Waals surface area contributed by atoms with Crippen LogP contribution in [0.3, 0.4) is 0 Å². The lowest BCUT2D eigenvalue weighted by Gasteiger charge is -2.14. The molecule has 0 atom stereocenters. The van der Waals surface area contributed by atoms with Gasteiger partial charge in [-0.1, -0.05) is 10.5 Å². The van der Waals surface area contributed by atoms with E-state index in [2.05, 4.69) is 20.8 Å². The largest absolute Gasteiger partial charge is 0.322 e. The lowest BCUT2D eigenvalue weighted by molar-refractivity contribution is -0.0258. The second kappa shape index (κ2) is 7.61. The molecule has 0 unspecified atom stereocenters. The number of benzene rings is 2. The van der Waals surface area contributed by atoms with Crippen molar-refractivity contribution in [1.82, 2.24) is 24.7 Å². The predicted molar refractivity (Wildman–Crippen MR) is 95.5 cm³/mol. The normalized spacial score (nSPS) is 11.5. The van der Waals surface area contributed by atoms with Gasteiger partial charge in [0.05, 0.1) is 17.7 Å². The summed E-state index contributed by atoms with van der Waals surface area (Å²) in [6.45, 7) is 0. The smallest absolute Gasteiger partial charge is 0.264 e. The zero-order valence-corrected chi connectivity index (χ0v) is 15.3. The number of carbonyl (C=O) groups is 1. The van der Waals surface area contributed by atoms with Gasteiger partial charge in [0.25, 0.3) is 15.9 Å². The van der Waals surface area contributed by atoms with Crippen LogP contribution in [0.2, 0.25) is 0 Å². The molecular weight excluding hydrogens is 372 g/mol. The summed E-state index contributed by atoms with van der Waals surface area (Å²) in [5.41, 5.74) is 1.47. The molecule has 1 amide bonds. The number of carbonyl (C=O) groups excluding carboxylic acids is 1. The van der Waals surface area contributed by atoms with Crippen molar-refractivity contribution in [3.63, 3.8) is 0 Å². The average Bonchev–Trinajstić information content (AvgIpc) is 3.22. The Kier molecular flexibility index (Phi) is 5.26. The summed E-state index contributed by atoms with van der Waals surface area (Å²) in [4.78, 5) is 17.1. The molecule has 0 aliphatic carbocycles. The summed E-state index contributed by atoms with van der Waals surface area (Å²) in [6.07, 6.45) is 1.45. The van der Waals surface area contributed by atoms with Crippen molar-refractivity contribution in [2.24, 2.45) is 0 Å². The Balaban J connectivity index is 1.78. The first-order valence-electron chi connectivity index (χ1n) is 7.69. The fourth-order valence-electron chi connectivity index (χ4n) is 2.22. The number of hydrogen-bond donors (Lipinski definition) is 1. The topological polar surface area (TPSA) is 119 Å². The summed E-state index contributed by atoms with van der Waals surface area (Å²) in [6, 6.07) is 12.5. The molecule has 10 nitrogen and oxygen atoms in total. The van der Waals surface area contributed by atoms with Crippen LogP contribution < -0.4 is 5.32 Å². The Bertz CT molecular complexity index is 1040. The molecule has 0 aliphatic heterocycles. The quantitative estimate of drug-likeness (QED) is 0.628. The van der Waals surface area contributed by atoms with Gasteiger partial charge in [-0.15, -0.1) is 5.10 Å². The monoisotopic (exact) mass is 388 g/mol. The Hall–Kier alpha value is -3.15. The van der Waals surface area contributed by atoms with Crippen LogP contribution in [0.4, 0.5) is 5.69 Å². The second-order valence-electron chi connectivity index (χ2n) is 5.38. The molecule has 0 bridgehead atoms. The van der Waals surface area contributed by atoms with E-state index in [-0.39, 0.29) is 10.5 Å². The van der Waals surface area contributed by atoms with Crippen molar-refractivity contribution in [2.45, 2.75) is 4.90 Å². The lowest BCUT2D eigenvalue weighted by atomic mass is 10.2. The van der Waals surface area contributed by atoms with Gasteiger partial charge in [0, 0.05) is 18.3 Å². The number of amides is 1. The molecule has 3 rings (SSSR count). The Morgan fingerprint density at radius 2 is 1.93 bits per heavy atom. The molecular formula is C16H16N6O4S. The molecule has 1 heterocycles. The van der Waals surface area contributed by atoms with Crippen LogP contribution in [0.1, 0.15) is 10.4 Å². The van der Waals surface area contributed by atoms with Gasteiger partial charge < -0.3 is 5.32 Å². The molecule has 0 spiro atoms. The summed E-state index contributed by atoms with van der Waals surface area (Å²) >= 11 is 0. The molecule has 0 saturated heterocycles. The minimum absolute atomic E-state index is 0.0477. The van der Waals surface area contributed by atoms with Crippen LogP contribution in [0.15, 0.2) is 59.8 Å². The Morgan fingerprint density at radius 1 is 1.19 bits per heavy atom. The van der Waals surface area contributed by atoms with Crippen LogP contribution in [-0.2, 0) is 14.9 Å². The standard InChI is InChI=1S/C16H16N6O4S/c1-21(26-2)27(24,25)15-5-3-4-12(10-15)16(23)18-13-6-8-14(9-7-13)22-11-17-19-20-22/h3-11H,1-2H3,(H,18,23). The van der Waals surface area contributed by atoms with Gasteiger partial charge in [0.1, 0.15) is 6.33 Å². The number of rotatable bonds is 6. The summed E-state index contributed by atoms with van der Waals surface area (Å²) in [5.74, 6) is -0.442. The number of sulfonamides is 1. The van der Waals surface area contributed by atoms with Crippen molar-refractivity contribution in [3.05, 3.63) is 60.4 Å². The van der Waals surface area contributed by atoms with E-state index in [9.17, 15) is 13.2 Å². The first kappa shape index (κ1) is 18.6. The van der Waals surface area contributed by atoms with Crippen molar-refractivity contribution in [2.75, 3.05) is 19.5 Å². The summed E-state index contributed by atoms with van der Waals surface area (Å²) < 4.78 is 26.8.